The number of anilines is 2. The van der Waals surface area contributed by atoms with Gasteiger partial charge in [-0.2, -0.15) is 0 Å². The van der Waals surface area contributed by atoms with Gasteiger partial charge >= 0.3 is 12.0 Å². The van der Waals surface area contributed by atoms with Gasteiger partial charge in [-0.25, -0.2) is 14.5 Å². The lowest BCUT2D eigenvalue weighted by molar-refractivity contribution is -0.124. The molecule has 1 aliphatic heterocycles. The molecule has 0 bridgehead atoms. The van der Waals surface area contributed by atoms with Crippen LogP contribution in [0.15, 0.2) is 72.8 Å². The Balaban J connectivity index is 1.54. The molecule has 10 nitrogen and oxygen atoms in total. The molecule has 10 heteroatoms. The molecule has 0 saturated carbocycles. The Morgan fingerprint density at radius 3 is 2.00 bits per heavy atom. The molecule has 202 valence electrons. The number of rotatable bonds is 10. The van der Waals surface area contributed by atoms with Crippen LogP contribution < -0.4 is 19.7 Å². The number of urea groups is 1. The molecule has 1 heterocycles. The minimum Gasteiger partial charge on any atom is -0.497 e. The average Bonchev–Trinajstić information content (AvgIpc) is 3.17. The molecule has 3 aromatic rings. The number of carbonyl (C=O) groups excluding carboxylic acids is 4. The first-order valence-corrected chi connectivity index (χ1v) is 12.3. The monoisotopic (exact) mass is 531 g/mol. The Morgan fingerprint density at radius 1 is 0.846 bits per heavy atom. The van der Waals surface area contributed by atoms with Crippen molar-refractivity contribution in [1.82, 2.24) is 4.90 Å². The molecule has 0 spiro atoms. The number of imide groups is 1. The predicted molar refractivity (Wildman–Crippen MR) is 144 cm³/mol. The van der Waals surface area contributed by atoms with Gasteiger partial charge in [-0.3, -0.25) is 9.59 Å². The van der Waals surface area contributed by atoms with Crippen molar-refractivity contribution in [3.63, 3.8) is 0 Å². The van der Waals surface area contributed by atoms with Crippen molar-refractivity contribution in [1.29, 1.82) is 0 Å². The molecule has 0 aliphatic carbocycles. The molecule has 0 aromatic heterocycles. The molecular formula is C29H29N3O7. The number of hydrogen-bond acceptors (Lipinski definition) is 7. The van der Waals surface area contributed by atoms with E-state index < -0.39 is 29.9 Å². The topological polar surface area (TPSA) is 114 Å². The van der Waals surface area contributed by atoms with Crippen molar-refractivity contribution in [2.75, 3.05) is 31.0 Å². The third-order valence-electron chi connectivity index (χ3n) is 6.22. The van der Waals surface area contributed by atoms with Gasteiger partial charge < -0.3 is 24.4 Å². The summed E-state index contributed by atoms with van der Waals surface area (Å²) in [7, 11) is 3.08. The zero-order valence-electron chi connectivity index (χ0n) is 21.9. The first-order valence-electron chi connectivity index (χ1n) is 12.3. The molecule has 3 aromatic carbocycles. The van der Waals surface area contributed by atoms with Gasteiger partial charge in [0.1, 0.15) is 17.5 Å². The summed E-state index contributed by atoms with van der Waals surface area (Å²) >= 11 is 0. The summed E-state index contributed by atoms with van der Waals surface area (Å²) in [6.07, 6.45) is -0.257. The second-order valence-corrected chi connectivity index (χ2v) is 8.70. The summed E-state index contributed by atoms with van der Waals surface area (Å²) in [4.78, 5) is 54.4. The van der Waals surface area contributed by atoms with E-state index in [-0.39, 0.29) is 19.6 Å². The minimum atomic E-state index is -1.03. The van der Waals surface area contributed by atoms with Crippen LogP contribution in [-0.2, 0) is 20.9 Å². The van der Waals surface area contributed by atoms with Crippen molar-refractivity contribution >= 4 is 35.2 Å². The summed E-state index contributed by atoms with van der Waals surface area (Å²) < 4.78 is 15.4. The smallest absolute Gasteiger partial charge is 0.338 e. The van der Waals surface area contributed by atoms with E-state index >= 15 is 0 Å². The highest BCUT2D eigenvalue weighted by molar-refractivity contribution is 6.22. The van der Waals surface area contributed by atoms with Crippen LogP contribution >= 0.6 is 0 Å². The van der Waals surface area contributed by atoms with E-state index in [1.165, 1.54) is 12.0 Å². The molecule has 0 radical (unpaired) electrons. The van der Waals surface area contributed by atoms with Crippen molar-refractivity contribution in [2.24, 2.45) is 0 Å². The number of nitrogens with one attached hydrogen (secondary N) is 1. The van der Waals surface area contributed by atoms with Crippen LogP contribution in [0, 0.1) is 0 Å². The van der Waals surface area contributed by atoms with E-state index in [0.29, 0.717) is 28.4 Å². The van der Waals surface area contributed by atoms with Crippen molar-refractivity contribution < 1.29 is 33.4 Å². The van der Waals surface area contributed by atoms with Gasteiger partial charge in [-0.15, -0.1) is 0 Å². The molecule has 1 atom stereocenters. The summed E-state index contributed by atoms with van der Waals surface area (Å²) in [5, 5.41) is 2.74. The Labute approximate surface area is 226 Å². The number of esters is 1. The van der Waals surface area contributed by atoms with E-state index in [1.54, 1.807) is 86.8 Å². The molecule has 4 rings (SSSR count). The number of benzene rings is 3. The van der Waals surface area contributed by atoms with Crippen molar-refractivity contribution in [3.8, 4) is 11.5 Å². The van der Waals surface area contributed by atoms with E-state index in [2.05, 4.69) is 5.32 Å². The number of carbonyl (C=O) groups is 4. The fraction of sp³-hybridized carbons (Fsp3) is 0.241. The molecule has 1 aliphatic rings. The number of hydrogen-bond donors (Lipinski definition) is 1. The van der Waals surface area contributed by atoms with Crippen LogP contribution in [-0.4, -0.2) is 55.6 Å². The highest BCUT2D eigenvalue weighted by Gasteiger charge is 2.46. The standard InChI is InChI=1S/C29H29N3O7/c1-4-39-28(35)20-7-9-21(10-8-20)30-26(33)17-25-27(34)32(22-11-15-24(38-3)16-12-22)29(36)31(25)18-19-5-13-23(37-2)14-6-19/h5-16,25H,4,17-18H2,1-3H3,(H,30,33)/t25-/m1/s1. The van der Waals surface area contributed by atoms with Crippen molar-refractivity contribution in [2.45, 2.75) is 25.9 Å². The van der Waals surface area contributed by atoms with Crippen molar-refractivity contribution in [3.05, 3.63) is 83.9 Å². The molecule has 1 fully saturated rings. The second kappa shape index (κ2) is 12.1. The van der Waals surface area contributed by atoms with Crippen LogP contribution in [0.25, 0.3) is 0 Å². The maximum Gasteiger partial charge on any atom is 0.338 e. The average molecular weight is 532 g/mol. The Morgan fingerprint density at radius 2 is 1.44 bits per heavy atom. The number of ether oxygens (including phenoxy) is 3. The maximum absolute atomic E-state index is 13.5. The first-order chi connectivity index (χ1) is 18.8. The summed E-state index contributed by atoms with van der Waals surface area (Å²) in [5.41, 5.74) is 1.95. The highest BCUT2D eigenvalue weighted by atomic mass is 16.5. The lowest BCUT2D eigenvalue weighted by atomic mass is 10.1. The maximum atomic E-state index is 13.5. The lowest BCUT2D eigenvalue weighted by Crippen LogP contribution is -2.37. The van der Waals surface area contributed by atoms with E-state index in [0.717, 1.165) is 10.5 Å². The van der Waals surface area contributed by atoms with Gasteiger partial charge in [-0.1, -0.05) is 12.1 Å². The molecule has 4 amide bonds. The quantitative estimate of drug-likeness (QED) is 0.307. The number of amides is 4. The molecule has 39 heavy (non-hydrogen) atoms. The van der Waals surface area contributed by atoms with Gasteiger partial charge in [0.2, 0.25) is 5.91 Å². The largest absolute Gasteiger partial charge is 0.497 e. The lowest BCUT2D eigenvalue weighted by Gasteiger charge is -2.22. The number of methoxy groups -OCH3 is 2. The van der Waals surface area contributed by atoms with Gasteiger partial charge in [0, 0.05) is 12.2 Å². The fourth-order valence-corrected chi connectivity index (χ4v) is 4.20. The van der Waals surface area contributed by atoms with Crippen LogP contribution in [0.3, 0.4) is 0 Å². The normalized spacial score (nSPS) is 14.8. The fourth-order valence-electron chi connectivity index (χ4n) is 4.20. The Kier molecular flexibility index (Phi) is 8.45. The zero-order chi connectivity index (χ0) is 27.9. The molecule has 1 saturated heterocycles. The Bertz CT molecular complexity index is 1340. The van der Waals surface area contributed by atoms with E-state index in [1.807, 2.05) is 0 Å². The zero-order valence-corrected chi connectivity index (χ0v) is 21.9. The van der Waals surface area contributed by atoms with Gasteiger partial charge in [0.05, 0.1) is 38.5 Å². The van der Waals surface area contributed by atoms with Crippen LogP contribution in [0.2, 0.25) is 0 Å². The Hall–Kier alpha value is -4.86. The SMILES string of the molecule is CCOC(=O)c1ccc(NC(=O)C[C@@H]2C(=O)N(c3ccc(OC)cc3)C(=O)N2Cc2ccc(OC)cc2)cc1. The van der Waals surface area contributed by atoms with Gasteiger partial charge in [-0.05, 0) is 73.2 Å². The van der Waals surface area contributed by atoms with E-state index in [4.69, 9.17) is 14.2 Å². The predicted octanol–water partition coefficient (Wildman–Crippen LogP) is 4.25. The minimum absolute atomic E-state index is 0.118. The summed E-state index contributed by atoms with van der Waals surface area (Å²) in [5.74, 6) is -0.184. The molecule has 0 unspecified atom stereocenters. The molecular weight excluding hydrogens is 502 g/mol. The summed E-state index contributed by atoms with van der Waals surface area (Å²) in [6, 6.07) is 18.4. The van der Waals surface area contributed by atoms with Crippen LogP contribution in [0.1, 0.15) is 29.3 Å². The third-order valence-corrected chi connectivity index (χ3v) is 6.22. The second-order valence-electron chi connectivity index (χ2n) is 8.70. The van der Waals surface area contributed by atoms with Crippen LogP contribution in [0.5, 0.6) is 11.5 Å². The van der Waals surface area contributed by atoms with Gasteiger partial charge in [0.15, 0.2) is 0 Å². The first kappa shape index (κ1) is 27.2. The third kappa shape index (κ3) is 6.18. The number of nitrogens with zero attached hydrogens (tertiary/aromatic N) is 2. The van der Waals surface area contributed by atoms with Crippen LogP contribution in [0.4, 0.5) is 16.2 Å². The summed E-state index contributed by atoms with van der Waals surface area (Å²) in [6.45, 7) is 2.09. The molecule has 1 N–H and O–H groups in total. The highest BCUT2D eigenvalue weighted by Crippen LogP contribution is 2.30. The van der Waals surface area contributed by atoms with E-state index in [9.17, 15) is 19.2 Å². The van der Waals surface area contributed by atoms with Gasteiger partial charge in [0.25, 0.3) is 5.91 Å².